The predicted octanol–water partition coefficient (Wildman–Crippen LogP) is 1.76. The summed E-state index contributed by atoms with van der Waals surface area (Å²) < 4.78 is 0. The van der Waals surface area contributed by atoms with Crippen molar-refractivity contribution in [2.24, 2.45) is 11.8 Å². The lowest BCUT2D eigenvalue weighted by Crippen LogP contribution is -2.59. The molecule has 0 fully saturated rings. The maximum atomic E-state index is 11.4. The van der Waals surface area contributed by atoms with Gasteiger partial charge in [0.1, 0.15) is 23.0 Å². The van der Waals surface area contributed by atoms with Crippen LogP contribution in [-0.4, -0.2) is 10.2 Å². The number of benzene rings is 2. The Balaban J connectivity index is 2.22. The Hall–Kier alpha value is -2.66. The van der Waals surface area contributed by atoms with E-state index in [1.54, 1.807) is 48.5 Å². The zero-order valence-corrected chi connectivity index (χ0v) is 11.6. The third-order valence-electron chi connectivity index (χ3n) is 5.01. The van der Waals surface area contributed by atoms with E-state index in [4.69, 9.17) is 0 Å². The van der Waals surface area contributed by atoms with Gasteiger partial charge in [-0.25, -0.2) is 0 Å². The summed E-state index contributed by atoms with van der Waals surface area (Å²) in [4.78, 5) is 0. The SMILES string of the molecule is N#C[C@H]1[C@H](C#N)C2(O)c3ccccc3C1(O)c1ccccc12. The van der Waals surface area contributed by atoms with E-state index >= 15 is 0 Å². The molecule has 2 aromatic rings. The molecule has 0 radical (unpaired) electrons. The Bertz CT molecular complexity index is 756. The minimum absolute atomic E-state index is 0.509. The minimum Gasteiger partial charge on any atom is -0.379 e. The van der Waals surface area contributed by atoms with Crippen LogP contribution in [0.1, 0.15) is 22.3 Å². The highest BCUT2D eigenvalue weighted by Gasteiger charge is 2.65. The van der Waals surface area contributed by atoms with Crippen molar-refractivity contribution in [3.63, 3.8) is 0 Å². The normalized spacial score (nSPS) is 34.2. The third-order valence-corrected chi connectivity index (χ3v) is 5.01. The number of hydrogen-bond donors (Lipinski definition) is 2. The van der Waals surface area contributed by atoms with Crippen molar-refractivity contribution in [2.75, 3.05) is 0 Å². The first-order valence-electron chi connectivity index (χ1n) is 7.04. The Morgan fingerprint density at radius 3 is 1.18 bits per heavy atom. The molecule has 2 aromatic carbocycles. The second kappa shape index (κ2) is 3.96. The molecule has 3 aliphatic rings. The Kier molecular flexibility index (Phi) is 2.34. The first kappa shape index (κ1) is 13.0. The largest absolute Gasteiger partial charge is 0.379 e. The quantitative estimate of drug-likeness (QED) is 0.773. The van der Waals surface area contributed by atoms with Crippen molar-refractivity contribution >= 4 is 0 Å². The number of aliphatic hydroxyl groups is 2. The highest BCUT2D eigenvalue weighted by Crippen LogP contribution is 2.61. The van der Waals surface area contributed by atoms with Crippen LogP contribution in [0.2, 0.25) is 0 Å². The fraction of sp³-hybridized carbons (Fsp3) is 0.222. The number of rotatable bonds is 0. The summed E-state index contributed by atoms with van der Waals surface area (Å²) >= 11 is 0. The van der Waals surface area contributed by atoms with Crippen molar-refractivity contribution in [1.29, 1.82) is 10.5 Å². The van der Waals surface area contributed by atoms with Crippen LogP contribution in [0.3, 0.4) is 0 Å². The van der Waals surface area contributed by atoms with Crippen LogP contribution in [0.15, 0.2) is 48.5 Å². The van der Waals surface area contributed by atoms with E-state index in [0.717, 1.165) is 0 Å². The average Bonchev–Trinajstić information content (AvgIpc) is 2.57. The Morgan fingerprint density at radius 2 is 0.955 bits per heavy atom. The van der Waals surface area contributed by atoms with Gasteiger partial charge in [0.15, 0.2) is 0 Å². The standard InChI is InChI=1S/C18H12N2O2/c19-9-15-16(10-20)18(22)12-6-2-1-5-11(12)17(15,21)13-7-3-4-8-14(13)18/h1-8,15-16,21-22H/t15-,16-,17?,18?/m0/s1. The van der Waals surface area contributed by atoms with E-state index in [0.29, 0.717) is 22.3 Å². The molecule has 0 heterocycles. The van der Waals surface area contributed by atoms with E-state index in [2.05, 4.69) is 12.1 Å². The summed E-state index contributed by atoms with van der Waals surface area (Å²) in [5, 5.41) is 42.0. The van der Waals surface area contributed by atoms with Gasteiger partial charge in [-0.05, 0) is 22.3 Å². The van der Waals surface area contributed by atoms with Crippen LogP contribution in [0.4, 0.5) is 0 Å². The Morgan fingerprint density at radius 1 is 0.682 bits per heavy atom. The van der Waals surface area contributed by atoms with Crippen molar-refractivity contribution in [1.82, 2.24) is 0 Å². The van der Waals surface area contributed by atoms with Gasteiger partial charge in [0.05, 0.1) is 12.1 Å². The molecule has 3 aliphatic carbocycles. The molecular weight excluding hydrogens is 276 g/mol. The highest BCUT2D eigenvalue weighted by molar-refractivity contribution is 5.62. The van der Waals surface area contributed by atoms with Crippen LogP contribution in [0.25, 0.3) is 0 Å². The van der Waals surface area contributed by atoms with Gasteiger partial charge in [-0.3, -0.25) is 0 Å². The lowest BCUT2D eigenvalue weighted by atomic mass is 9.50. The zero-order valence-electron chi connectivity index (χ0n) is 11.6. The van der Waals surface area contributed by atoms with Crippen molar-refractivity contribution in [3.8, 4) is 12.1 Å². The molecule has 2 N–H and O–H groups in total. The summed E-state index contributed by atoms with van der Waals surface area (Å²) in [5.41, 5.74) is -1.12. The first-order valence-corrected chi connectivity index (χ1v) is 7.04. The highest BCUT2D eigenvalue weighted by atomic mass is 16.3. The molecule has 0 saturated heterocycles. The molecule has 0 unspecified atom stereocenters. The van der Waals surface area contributed by atoms with Crippen LogP contribution in [0, 0.1) is 34.5 Å². The molecular formula is C18H12N2O2. The van der Waals surface area contributed by atoms with Gasteiger partial charge in [0, 0.05) is 0 Å². The molecule has 0 amide bonds. The van der Waals surface area contributed by atoms with Crippen molar-refractivity contribution in [2.45, 2.75) is 11.2 Å². The van der Waals surface area contributed by atoms with Crippen LogP contribution in [0.5, 0.6) is 0 Å². The van der Waals surface area contributed by atoms with Gasteiger partial charge in [0.2, 0.25) is 0 Å². The van der Waals surface area contributed by atoms with Crippen molar-refractivity contribution < 1.29 is 10.2 Å². The van der Waals surface area contributed by atoms with E-state index < -0.39 is 23.0 Å². The fourth-order valence-corrected chi connectivity index (χ4v) is 4.07. The number of nitriles is 2. The first-order chi connectivity index (χ1) is 10.6. The second-order valence-electron chi connectivity index (χ2n) is 5.84. The lowest BCUT2D eigenvalue weighted by Gasteiger charge is -2.55. The van der Waals surface area contributed by atoms with Gasteiger partial charge in [-0.2, -0.15) is 10.5 Å². The Labute approximate surface area is 127 Å². The number of hydrogen-bond acceptors (Lipinski definition) is 4. The molecule has 2 atom stereocenters. The van der Waals surface area contributed by atoms with Crippen LogP contribution >= 0.6 is 0 Å². The molecule has 0 aliphatic heterocycles. The van der Waals surface area contributed by atoms with Gasteiger partial charge >= 0.3 is 0 Å². The summed E-state index contributed by atoms with van der Waals surface area (Å²) in [6.45, 7) is 0. The predicted molar refractivity (Wildman–Crippen MR) is 77.1 cm³/mol. The average molecular weight is 288 g/mol. The third kappa shape index (κ3) is 1.15. The second-order valence-corrected chi connectivity index (χ2v) is 5.84. The molecule has 2 bridgehead atoms. The molecule has 5 rings (SSSR count). The van der Waals surface area contributed by atoms with Gasteiger partial charge in [-0.1, -0.05) is 48.5 Å². The summed E-state index contributed by atoms with van der Waals surface area (Å²) in [6.07, 6.45) is 0. The van der Waals surface area contributed by atoms with E-state index in [1.807, 2.05) is 0 Å². The molecule has 0 saturated carbocycles. The summed E-state index contributed by atoms with van der Waals surface area (Å²) in [6, 6.07) is 18.0. The van der Waals surface area contributed by atoms with E-state index in [1.165, 1.54) is 0 Å². The number of nitrogens with zero attached hydrogens (tertiary/aromatic N) is 2. The smallest absolute Gasteiger partial charge is 0.133 e. The minimum atomic E-state index is -1.58. The van der Waals surface area contributed by atoms with Gasteiger partial charge < -0.3 is 10.2 Å². The maximum absolute atomic E-state index is 11.4. The fourth-order valence-electron chi connectivity index (χ4n) is 4.07. The molecule has 22 heavy (non-hydrogen) atoms. The molecule has 0 spiro atoms. The van der Waals surface area contributed by atoms with Crippen LogP contribution in [-0.2, 0) is 11.2 Å². The molecule has 4 nitrogen and oxygen atoms in total. The van der Waals surface area contributed by atoms with Crippen molar-refractivity contribution in [3.05, 3.63) is 70.8 Å². The zero-order chi connectivity index (χ0) is 15.5. The maximum Gasteiger partial charge on any atom is 0.133 e. The summed E-state index contributed by atoms with van der Waals surface area (Å²) in [7, 11) is 0. The van der Waals surface area contributed by atoms with Crippen LogP contribution < -0.4 is 0 Å². The molecule has 4 heteroatoms. The summed E-state index contributed by atoms with van der Waals surface area (Å²) in [5.74, 6) is -2.04. The van der Waals surface area contributed by atoms with E-state index in [-0.39, 0.29) is 0 Å². The monoisotopic (exact) mass is 288 g/mol. The number of fused-ring (bicyclic) bond motifs is 1. The lowest BCUT2D eigenvalue weighted by molar-refractivity contribution is -0.0887. The topological polar surface area (TPSA) is 88.0 Å². The van der Waals surface area contributed by atoms with Gasteiger partial charge in [-0.15, -0.1) is 0 Å². The van der Waals surface area contributed by atoms with Gasteiger partial charge in [0.25, 0.3) is 0 Å². The van der Waals surface area contributed by atoms with E-state index in [9.17, 15) is 20.7 Å². The molecule has 106 valence electrons. The molecule has 0 aromatic heterocycles.